The molecule has 0 aromatic carbocycles. The molecule has 0 amide bonds. The van der Waals surface area contributed by atoms with Crippen LogP contribution in [0.3, 0.4) is 0 Å². The molecule has 1 unspecified atom stereocenters. The molecule has 0 aliphatic heterocycles. The lowest BCUT2D eigenvalue weighted by molar-refractivity contribution is 0.501. The zero-order valence-electron chi connectivity index (χ0n) is 6.16. The molecule has 0 saturated carbocycles. The highest BCUT2D eigenvalue weighted by Crippen LogP contribution is 2.33. The van der Waals surface area contributed by atoms with Crippen molar-refractivity contribution in [2.75, 3.05) is 6.66 Å². The van der Waals surface area contributed by atoms with E-state index in [9.17, 15) is 4.57 Å². The highest BCUT2D eigenvalue weighted by Gasteiger charge is 2.08. The number of hydrogen-bond acceptors (Lipinski definition) is 1. The zero-order chi connectivity index (χ0) is 8.04. The van der Waals surface area contributed by atoms with Gasteiger partial charge < -0.3 is 9.46 Å². The molecule has 0 saturated heterocycles. The minimum Gasteiger partial charge on any atom is -0.352 e. The van der Waals surface area contributed by atoms with E-state index < -0.39 is 7.25 Å². The van der Waals surface area contributed by atoms with Crippen LogP contribution in [0.25, 0.3) is 0 Å². The van der Waals surface area contributed by atoms with Gasteiger partial charge in [-0.2, -0.15) is 0 Å². The molecule has 0 spiro atoms. The lowest BCUT2D eigenvalue weighted by Crippen LogP contribution is -1.87. The van der Waals surface area contributed by atoms with E-state index in [4.69, 9.17) is 4.89 Å². The molecule has 1 N–H and O–H groups in total. The fraction of sp³-hybridized carbons (Fsp3) is 0.333. The minimum absolute atomic E-state index is 0.358. The summed E-state index contributed by atoms with van der Waals surface area (Å²) < 4.78 is 10.7. The van der Waals surface area contributed by atoms with E-state index in [-0.39, 0.29) is 0 Å². The quantitative estimate of drug-likeness (QED) is 0.381. The number of hydrogen-bond donors (Lipinski definition) is 1. The molecule has 0 rings (SSSR count). The van der Waals surface area contributed by atoms with Gasteiger partial charge in [-0.1, -0.05) is 24.8 Å². The summed E-state index contributed by atoms with van der Waals surface area (Å²) in [7, 11) is -2.79. The average molecular weight is 158 g/mol. The average Bonchev–Trinajstić information content (AvgIpc) is 1.78. The van der Waals surface area contributed by atoms with Gasteiger partial charge in [-0.05, 0) is 6.32 Å². The predicted octanol–water partition coefficient (Wildman–Crippen LogP) is 1.40. The van der Waals surface area contributed by atoms with Crippen molar-refractivity contribution in [3.05, 3.63) is 24.8 Å². The van der Waals surface area contributed by atoms with Crippen LogP contribution in [-0.4, -0.2) is 18.6 Å². The van der Waals surface area contributed by atoms with Crippen LogP contribution >= 0.6 is 7.25 Å². The lowest BCUT2D eigenvalue weighted by Gasteiger charge is -1.97. The van der Waals surface area contributed by atoms with Crippen molar-refractivity contribution in [1.29, 1.82) is 0 Å². The van der Waals surface area contributed by atoms with Crippen LogP contribution in [0.4, 0.5) is 0 Å². The Morgan fingerprint density at radius 3 is 2.80 bits per heavy atom. The topological polar surface area (TPSA) is 37.3 Å². The molecule has 0 aliphatic rings. The van der Waals surface area contributed by atoms with Crippen molar-refractivity contribution in [2.45, 2.75) is 6.32 Å². The van der Waals surface area contributed by atoms with Crippen molar-refractivity contribution in [1.82, 2.24) is 0 Å². The molecule has 0 radical (unpaired) electrons. The summed E-state index contributed by atoms with van der Waals surface area (Å²) >= 11 is 0. The third-order valence-electron chi connectivity index (χ3n) is 0.983. The first-order valence-corrected chi connectivity index (χ1v) is 5.42. The lowest BCUT2D eigenvalue weighted by atomic mass is 10.0. The first-order valence-electron chi connectivity index (χ1n) is 3.13. The second-order valence-corrected chi connectivity index (χ2v) is 4.78. The largest absolute Gasteiger partial charge is 0.352 e. The van der Waals surface area contributed by atoms with Gasteiger partial charge in [0.1, 0.15) is 0 Å². The molecular formula is C6H12BO2P. The SMILES string of the molecule is C=C/C=C/CBP(C)(=O)O. The summed E-state index contributed by atoms with van der Waals surface area (Å²) in [5.41, 5.74) is 0. The Morgan fingerprint density at radius 2 is 2.40 bits per heavy atom. The second kappa shape index (κ2) is 4.53. The molecule has 0 heterocycles. The summed E-state index contributed by atoms with van der Waals surface area (Å²) in [6.07, 6.45) is 5.91. The maximum absolute atomic E-state index is 10.7. The zero-order valence-corrected chi connectivity index (χ0v) is 7.05. The third kappa shape index (κ3) is 7.73. The van der Waals surface area contributed by atoms with Crippen molar-refractivity contribution < 1.29 is 9.46 Å². The standard InChI is InChI=1S/C6H12BO2P/c1-3-4-5-6-7-10(2,8)9/h3-5,7H,1,6H2,2H3,(H,8,9)/b5-4+. The summed E-state index contributed by atoms with van der Waals surface area (Å²) in [4.78, 5) is 8.81. The molecule has 10 heavy (non-hydrogen) atoms. The Labute approximate surface area is 62.3 Å². The van der Waals surface area contributed by atoms with E-state index in [2.05, 4.69) is 6.58 Å². The van der Waals surface area contributed by atoms with Gasteiger partial charge in [-0.25, -0.2) is 0 Å². The molecule has 0 fully saturated rings. The minimum atomic E-state index is -2.79. The van der Waals surface area contributed by atoms with Crippen molar-refractivity contribution >= 4 is 14.2 Å². The Morgan fingerprint density at radius 1 is 1.80 bits per heavy atom. The van der Waals surface area contributed by atoms with Crippen LogP contribution in [-0.2, 0) is 4.57 Å². The van der Waals surface area contributed by atoms with Gasteiger partial charge >= 0.3 is 0 Å². The summed E-state index contributed by atoms with van der Waals surface area (Å²) in [5, 5.41) is 0. The molecule has 0 aliphatic carbocycles. The molecule has 4 heteroatoms. The van der Waals surface area contributed by atoms with Crippen molar-refractivity contribution in [3.63, 3.8) is 0 Å². The maximum Gasteiger partial charge on any atom is 0.237 e. The Balaban J connectivity index is 3.47. The predicted molar refractivity (Wildman–Crippen MR) is 47.0 cm³/mol. The van der Waals surface area contributed by atoms with Gasteiger partial charge in [-0.3, -0.25) is 0 Å². The summed E-state index contributed by atoms with van der Waals surface area (Å²) in [6, 6.07) is 0. The van der Waals surface area contributed by atoms with E-state index >= 15 is 0 Å². The highest BCUT2D eigenvalue weighted by atomic mass is 31.2. The fourth-order valence-corrected chi connectivity index (χ4v) is 1.13. The van der Waals surface area contributed by atoms with Crippen LogP contribution in [0.15, 0.2) is 24.8 Å². The third-order valence-corrected chi connectivity index (χ3v) is 2.07. The number of rotatable bonds is 4. The van der Waals surface area contributed by atoms with E-state index in [1.165, 1.54) is 6.66 Å². The van der Waals surface area contributed by atoms with Crippen LogP contribution in [0.2, 0.25) is 6.32 Å². The van der Waals surface area contributed by atoms with E-state index in [0.29, 0.717) is 13.3 Å². The Kier molecular flexibility index (Phi) is 4.41. The Hall–Kier alpha value is -0.265. The number of allylic oxidation sites excluding steroid dienone is 3. The molecule has 0 aromatic rings. The van der Waals surface area contributed by atoms with Gasteiger partial charge in [0.2, 0.25) is 7.00 Å². The van der Waals surface area contributed by atoms with E-state index in [1.54, 1.807) is 12.2 Å². The van der Waals surface area contributed by atoms with Gasteiger partial charge in [0.25, 0.3) is 0 Å². The van der Waals surface area contributed by atoms with Gasteiger partial charge in [0, 0.05) is 6.66 Å². The van der Waals surface area contributed by atoms with Gasteiger partial charge in [0.05, 0.1) is 0 Å². The molecule has 0 bridgehead atoms. The monoisotopic (exact) mass is 158 g/mol. The smallest absolute Gasteiger partial charge is 0.237 e. The molecular weight excluding hydrogens is 146 g/mol. The Bertz CT molecular complexity index is 171. The fourth-order valence-electron chi connectivity index (χ4n) is 0.507. The van der Waals surface area contributed by atoms with E-state index in [0.717, 1.165) is 0 Å². The molecule has 0 aromatic heterocycles. The summed E-state index contributed by atoms with van der Waals surface area (Å²) in [5.74, 6) is 0. The van der Waals surface area contributed by atoms with Gasteiger partial charge in [0.15, 0.2) is 7.25 Å². The first-order chi connectivity index (χ1) is 4.56. The second-order valence-electron chi connectivity index (χ2n) is 2.23. The highest BCUT2D eigenvalue weighted by molar-refractivity contribution is 7.86. The first kappa shape index (κ1) is 9.73. The van der Waals surface area contributed by atoms with Crippen molar-refractivity contribution in [2.24, 2.45) is 0 Å². The van der Waals surface area contributed by atoms with Crippen molar-refractivity contribution in [3.8, 4) is 0 Å². The van der Waals surface area contributed by atoms with Crippen LogP contribution < -0.4 is 0 Å². The van der Waals surface area contributed by atoms with E-state index in [1.807, 2.05) is 6.08 Å². The molecule has 1 atom stereocenters. The molecule has 56 valence electrons. The summed E-state index contributed by atoms with van der Waals surface area (Å²) in [6.45, 7) is 5.20. The van der Waals surface area contributed by atoms with Gasteiger partial charge in [-0.15, -0.1) is 0 Å². The normalized spacial score (nSPS) is 16.6. The van der Waals surface area contributed by atoms with Crippen LogP contribution in [0.1, 0.15) is 0 Å². The van der Waals surface area contributed by atoms with Crippen LogP contribution in [0, 0.1) is 0 Å². The van der Waals surface area contributed by atoms with Crippen LogP contribution in [0.5, 0.6) is 0 Å². The maximum atomic E-state index is 10.7. The molecule has 2 nitrogen and oxygen atoms in total.